The summed E-state index contributed by atoms with van der Waals surface area (Å²) < 4.78 is 28.7. The molecule has 0 amide bonds. The lowest BCUT2D eigenvalue weighted by molar-refractivity contribution is 0.0686. The number of carboxylic acid groups (broad SMARTS) is 1. The number of rotatable bonds is 7. The fraction of sp³-hybridized carbons (Fsp3) is 0.312. The van der Waals surface area contributed by atoms with Gasteiger partial charge in [0.1, 0.15) is 10.6 Å². The van der Waals surface area contributed by atoms with Gasteiger partial charge < -0.3 is 14.6 Å². The first-order valence-electron chi connectivity index (χ1n) is 7.33. The Morgan fingerprint density at radius 3 is 2.42 bits per heavy atom. The van der Waals surface area contributed by atoms with Gasteiger partial charge in [0, 0.05) is 25.8 Å². The average Bonchev–Trinajstić information content (AvgIpc) is 2.91. The number of hydrogen-bond acceptors (Lipinski definition) is 4. The number of sulfonamides is 1. The predicted octanol–water partition coefficient (Wildman–Crippen LogP) is 1.30. The number of carbonyl (C=O) groups is 1. The smallest absolute Gasteiger partial charge is 0.352 e. The van der Waals surface area contributed by atoms with Crippen molar-refractivity contribution < 1.29 is 18.3 Å². The molecule has 0 aliphatic rings. The van der Waals surface area contributed by atoms with E-state index >= 15 is 0 Å². The molecular formula is C16H21N3O4S. The lowest BCUT2D eigenvalue weighted by Gasteiger charge is -2.25. The Hall–Kier alpha value is -2.16. The van der Waals surface area contributed by atoms with Gasteiger partial charge in [0.05, 0.1) is 0 Å². The van der Waals surface area contributed by atoms with Crippen LogP contribution >= 0.6 is 0 Å². The van der Waals surface area contributed by atoms with E-state index < -0.39 is 16.0 Å². The number of likely N-dealkylation sites (N-methyl/N-ethyl adjacent to an activating group) is 1. The first kappa shape index (κ1) is 18.2. The Balaban J connectivity index is 2.19. The number of nitrogens with zero attached hydrogens (tertiary/aromatic N) is 2. The number of benzene rings is 1. The highest BCUT2D eigenvalue weighted by Gasteiger charge is 2.22. The van der Waals surface area contributed by atoms with E-state index in [4.69, 9.17) is 5.11 Å². The summed E-state index contributed by atoms with van der Waals surface area (Å²) in [5.41, 5.74) is 0.909. The van der Waals surface area contributed by atoms with Crippen molar-refractivity contribution in [1.29, 1.82) is 0 Å². The molecule has 8 heteroatoms. The van der Waals surface area contributed by atoms with Crippen LogP contribution in [0, 0.1) is 0 Å². The fourth-order valence-electron chi connectivity index (χ4n) is 2.44. The minimum absolute atomic E-state index is 0.0621. The molecule has 1 unspecified atom stereocenters. The van der Waals surface area contributed by atoms with E-state index in [1.807, 2.05) is 49.3 Å². The molecule has 2 aromatic rings. The first-order chi connectivity index (χ1) is 11.2. The Morgan fingerprint density at radius 1 is 1.29 bits per heavy atom. The summed E-state index contributed by atoms with van der Waals surface area (Å²) in [6, 6.07) is 10.6. The van der Waals surface area contributed by atoms with Gasteiger partial charge >= 0.3 is 5.97 Å². The van der Waals surface area contributed by atoms with E-state index in [2.05, 4.69) is 4.72 Å². The number of aromatic carboxylic acids is 1. The molecule has 0 aliphatic carbocycles. The zero-order valence-corrected chi connectivity index (χ0v) is 14.6. The molecule has 1 aromatic heterocycles. The lowest BCUT2D eigenvalue weighted by Crippen LogP contribution is -2.34. The molecule has 1 aromatic carbocycles. The van der Waals surface area contributed by atoms with Crippen molar-refractivity contribution in [3.05, 3.63) is 53.9 Å². The number of hydrogen-bond donors (Lipinski definition) is 2. The van der Waals surface area contributed by atoms with E-state index in [1.54, 1.807) is 0 Å². The predicted molar refractivity (Wildman–Crippen MR) is 90.4 cm³/mol. The summed E-state index contributed by atoms with van der Waals surface area (Å²) in [5.74, 6) is -1.17. The lowest BCUT2D eigenvalue weighted by atomic mass is 10.1. The molecule has 0 bridgehead atoms. The quantitative estimate of drug-likeness (QED) is 0.785. The number of aromatic nitrogens is 1. The molecule has 1 heterocycles. The van der Waals surface area contributed by atoms with Crippen molar-refractivity contribution in [2.24, 2.45) is 7.05 Å². The Morgan fingerprint density at radius 2 is 1.92 bits per heavy atom. The van der Waals surface area contributed by atoms with Crippen LogP contribution in [-0.2, 0) is 17.1 Å². The monoisotopic (exact) mass is 351 g/mol. The largest absolute Gasteiger partial charge is 0.477 e. The highest BCUT2D eigenvalue weighted by Crippen LogP contribution is 2.19. The number of nitrogens with one attached hydrogen (secondary N) is 1. The topological polar surface area (TPSA) is 91.6 Å². The highest BCUT2D eigenvalue weighted by molar-refractivity contribution is 7.89. The van der Waals surface area contributed by atoms with Crippen molar-refractivity contribution in [2.75, 3.05) is 20.6 Å². The molecular weight excluding hydrogens is 330 g/mol. The van der Waals surface area contributed by atoms with Crippen LogP contribution in [0.2, 0.25) is 0 Å². The van der Waals surface area contributed by atoms with E-state index in [9.17, 15) is 13.2 Å². The third-order valence-electron chi connectivity index (χ3n) is 3.78. The van der Waals surface area contributed by atoms with Gasteiger partial charge in [-0.1, -0.05) is 30.3 Å². The minimum atomic E-state index is -3.79. The van der Waals surface area contributed by atoms with Crippen LogP contribution in [0.1, 0.15) is 22.1 Å². The molecule has 0 spiro atoms. The summed E-state index contributed by atoms with van der Waals surface area (Å²) in [7, 11) is 1.45. The van der Waals surface area contributed by atoms with Crippen molar-refractivity contribution in [2.45, 2.75) is 10.9 Å². The van der Waals surface area contributed by atoms with Crippen molar-refractivity contribution >= 4 is 16.0 Å². The van der Waals surface area contributed by atoms with Crippen LogP contribution in [0.4, 0.5) is 0 Å². The van der Waals surface area contributed by atoms with Crippen molar-refractivity contribution in [3.8, 4) is 0 Å². The second-order valence-electron chi connectivity index (χ2n) is 5.72. The highest BCUT2D eigenvalue weighted by atomic mass is 32.2. The van der Waals surface area contributed by atoms with Crippen LogP contribution in [0.15, 0.2) is 47.5 Å². The van der Waals surface area contributed by atoms with Crippen LogP contribution in [0.25, 0.3) is 0 Å². The molecule has 24 heavy (non-hydrogen) atoms. The van der Waals surface area contributed by atoms with Crippen LogP contribution in [0.3, 0.4) is 0 Å². The van der Waals surface area contributed by atoms with Crippen molar-refractivity contribution in [3.63, 3.8) is 0 Å². The molecule has 7 nitrogen and oxygen atoms in total. The number of aryl methyl sites for hydroxylation is 1. The SMILES string of the molecule is CN(C)C(CNS(=O)(=O)c1cc(C(=O)O)n(C)c1)c1ccccc1. The van der Waals surface area contributed by atoms with Crippen LogP contribution in [0.5, 0.6) is 0 Å². The summed E-state index contributed by atoms with van der Waals surface area (Å²) in [5, 5.41) is 9.04. The maximum Gasteiger partial charge on any atom is 0.352 e. The second-order valence-corrected chi connectivity index (χ2v) is 7.49. The Bertz CT molecular complexity index is 813. The van der Waals surface area contributed by atoms with E-state index in [-0.39, 0.29) is 23.2 Å². The molecule has 0 saturated carbocycles. The first-order valence-corrected chi connectivity index (χ1v) is 8.81. The molecule has 1 atom stereocenters. The third kappa shape index (κ3) is 4.02. The molecule has 130 valence electrons. The molecule has 0 aliphatic heterocycles. The normalized spacial score (nSPS) is 13.2. The summed E-state index contributed by atoms with van der Waals surface area (Å²) in [4.78, 5) is 12.9. The summed E-state index contributed by atoms with van der Waals surface area (Å²) >= 11 is 0. The molecule has 0 saturated heterocycles. The molecule has 0 radical (unpaired) electrons. The van der Waals surface area contributed by atoms with E-state index in [0.717, 1.165) is 11.6 Å². The third-order valence-corrected chi connectivity index (χ3v) is 5.17. The second kappa shape index (κ2) is 7.16. The van der Waals surface area contributed by atoms with Gasteiger partial charge in [-0.05, 0) is 25.7 Å². The molecule has 2 N–H and O–H groups in total. The van der Waals surface area contributed by atoms with E-state index in [0.29, 0.717) is 0 Å². The maximum absolute atomic E-state index is 12.4. The van der Waals surface area contributed by atoms with Gasteiger partial charge in [-0.15, -0.1) is 0 Å². The van der Waals surface area contributed by atoms with Crippen molar-refractivity contribution in [1.82, 2.24) is 14.2 Å². The van der Waals surface area contributed by atoms with Crippen LogP contribution in [-0.4, -0.2) is 49.6 Å². The Kier molecular flexibility index (Phi) is 5.43. The van der Waals surface area contributed by atoms with Gasteiger partial charge in [0.2, 0.25) is 10.0 Å². The number of carboxylic acids is 1. The molecule has 2 rings (SSSR count). The van der Waals surface area contributed by atoms with Gasteiger partial charge in [-0.2, -0.15) is 0 Å². The standard InChI is InChI=1S/C16H21N3O4S/c1-18(2)15(12-7-5-4-6-8-12)10-17-24(22,23)13-9-14(16(20)21)19(3)11-13/h4-9,11,15,17H,10H2,1-3H3,(H,20,21). The van der Waals surface area contributed by atoms with E-state index in [1.165, 1.54) is 17.8 Å². The van der Waals surface area contributed by atoms with Gasteiger partial charge in [-0.3, -0.25) is 0 Å². The zero-order chi connectivity index (χ0) is 17.9. The van der Waals surface area contributed by atoms with Gasteiger partial charge in [0.25, 0.3) is 0 Å². The zero-order valence-electron chi connectivity index (χ0n) is 13.8. The maximum atomic E-state index is 12.4. The minimum Gasteiger partial charge on any atom is -0.477 e. The summed E-state index contributed by atoms with van der Waals surface area (Å²) in [6.45, 7) is 0.177. The van der Waals surface area contributed by atoms with Crippen LogP contribution < -0.4 is 4.72 Å². The average molecular weight is 351 g/mol. The van der Waals surface area contributed by atoms with Gasteiger partial charge in [0.15, 0.2) is 0 Å². The Labute approximate surface area is 141 Å². The summed E-state index contributed by atoms with van der Waals surface area (Å²) in [6.07, 6.45) is 1.29. The fourth-order valence-corrected chi connectivity index (χ4v) is 3.55. The molecule has 0 fully saturated rings. The van der Waals surface area contributed by atoms with Gasteiger partial charge in [-0.25, -0.2) is 17.9 Å².